The zero-order valence-corrected chi connectivity index (χ0v) is 15.2. The van der Waals surface area contributed by atoms with E-state index >= 15 is 0 Å². The first-order chi connectivity index (χ1) is 11.8. The molecule has 0 spiro atoms. The van der Waals surface area contributed by atoms with Crippen LogP contribution in [0.3, 0.4) is 0 Å². The maximum atomic E-state index is 6.07. The molecule has 0 radical (unpaired) electrons. The first-order valence-electron chi connectivity index (χ1n) is 8.85. The average molecular weight is 357 g/mol. The molecule has 0 unspecified atom stereocenters. The van der Waals surface area contributed by atoms with Crippen molar-refractivity contribution in [3.05, 3.63) is 47.0 Å². The van der Waals surface area contributed by atoms with Crippen LogP contribution in [-0.2, 0) is 0 Å². The van der Waals surface area contributed by atoms with E-state index in [9.17, 15) is 0 Å². The molecule has 3 aliphatic rings. The summed E-state index contributed by atoms with van der Waals surface area (Å²) in [5.41, 5.74) is 5.70. The van der Waals surface area contributed by atoms with Gasteiger partial charge in [0.25, 0.3) is 0 Å². The van der Waals surface area contributed by atoms with Gasteiger partial charge in [-0.2, -0.15) is 0 Å². The molecule has 0 saturated carbocycles. The van der Waals surface area contributed by atoms with Crippen LogP contribution in [0.5, 0.6) is 0 Å². The van der Waals surface area contributed by atoms with Gasteiger partial charge in [-0.1, -0.05) is 23.7 Å². The molecule has 0 aromatic heterocycles. The molecule has 1 fully saturated rings. The molecular formula is C20H21ClN2S. The largest absolute Gasteiger partial charge is 0.367 e. The molecule has 2 nitrogen and oxygen atoms in total. The number of thioether (sulfide) groups is 1. The number of rotatable bonds is 1. The molecule has 24 heavy (non-hydrogen) atoms. The van der Waals surface area contributed by atoms with Crippen LogP contribution in [-0.4, -0.2) is 31.4 Å². The summed E-state index contributed by atoms with van der Waals surface area (Å²) in [5, 5.41) is 4.41. The summed E-state index contributed by atoms with van der Waals surface area (Å²) in [6.07, 6.45) is 2.55. The van der Waals surface area contributed by atoms with Gasteiger partial charge in [-0.3, -0.25) is 0 Å². The van der Waals surface area contributed by atoms with Crippen molar-refractivity contribution in [1.29, 1.82) is 0 Å². The second kappa shape index (κ2) is 5.98. The molecule has 0 bridgehead atoms. The van der Waals surface area contributed by atoms with Crippen molar-refractivity contribution < 1.29 is 0 Å². The lowest BCUT2D eigenvalue weighted by Crippen LogP contribution is -2.44. The Kier molecular flexibility index (Phi) is 3.77. The Morgan fingerprint density at radius 1 is 1.12 bits per heavy atom. The van der Waals surface area contributed by atoms with Gasteiger partial charge in [0.1, 0.15) is 0 Å². The van der Waals surface area contributed by atoms with Gasteiger partial charge in [-0.15, -0.1) is 11.8 Å². The number of hydrogen-bond acceptors (Lipinski definition) is 3. The Balaban J connectivity index is 1.67. The lowest BCUT2D eigenvalue weighted by Gasteiger charge is -2.33. The van der Waals surface area contributed by atoms with E-state index in [0.717, 1.165) is 18.1 Å². The summed E-state index contributed by atoms with van der Waals surface area (Å²) in [6.45, 7) is 3.48. The van der Waals surface area contributed by atoms with Crippen molar-refractivity contribution in [2.24, 2.45) is 0 Å². The topological polar surface area (TPSA) is 15.3 Å². The molecule has 2 aromatic carbocycles. The highest BCUT2D eigenvalue weighted by molar-refractivity contribution is 7.99. The molecule has 3 heterocycles. The van der Waals surface area contributed by atoms with Gasteiger partial charge in [0, 0.05) is 35.0 Å². The molecule has 5 rings (SSSR count). The third kappa shape index (κ3) is 2.37. The van der Waals surface area contributed by atoms with Gasteiger partial charge in [-0.25, -0.2) is 0 Å². The van der Waals surface area contributed by atoms with Crippen LogP contribution < -0.4 is 10.2 Å². The maximum absolute atomic E-state index is 6.07. The third-order valence-corrected chi connectivity index (χ3v) is 6.98. The normalized spacial score (nSPS) is 25.1. The Bertz CT molecular complexity index is 774. The smallest absolute Gasteiger partial charge is 0.0544 e. The first kappa shape index (κ1) is 15.1. The summed E-state index contributed by atoms with van der Waals surface area (Å²) in [4.78, 5) is 4.20. The van der Waals surface area contributed by atoms with Gasteiger partial charge < -0.3 is 10.2 Å². The van der Waals surface area contributed by atoms with Crippen LogP contribution in [0, 0.1) is 0 Å². The number of hydrogen-bond donors (Lipinski definition) is 1. The predicted molar refractivity (Wildman–Crippen MR) is 104 cm³/mol. The summed E-state index contributed by atoms with van der Waals surface area (Å²) < 4.78 is 0. The van der Waals surface area contributed by atoms with Gasteiger partial charge in [-0.05, 0) is 66.1 Å². The first-order valence-corrected chi connectivity index (χ1v) is 10.2. The molecule has 2 aromatic rings. The van der Waals surface area contributed by atoms with Crippen molar-refractivity contribution in [2.75, 3.05) is 30.3 Å². The van der Waals surface area contributed by atoms with Crippen molar-refractivity contribution in [3.8, 4) is 11.1 Å². The van der Waals surface area contributed by atoms with E-state index in [1.165, 1.54) is 46.8 Å². The van der Waals surface area contributed by atoms with E-state index in [-0.39, 0.29) is 0 Å². The minimum atomic E-state index is 0.637. The highest BCUT2D eigenvalue weighted by Gasteiger charge is 2.41. The minimum absolute atomic E-state index is 0.637. The maximum Gasteiger partial charge on any atom is 0.0544 e. The third-order valence-electron chi connectivity index (χ3n) is 5.62. The van der Waals surface area contributed by atoms with Crippen LogP contribution in [0.4, 0.5) is 5.69 Å². The monoisotopic (exact) mass is 356 g/mol. The van der Waals surface area contributed by atoms with E-state index in [1.807, 2.05) is 23.9 Å². The van der Waals surface area contributed by atoms with E-state index in [4.69, 9.17) is 11.6 Å². The van der Waals surface area contributed by atoms with Gasteiger partial charge in [0.15, 0.2) is 0 Å². The summed E-state index contributed by atoms with van der Waals surface area (Å²) in [6, 6.07) is 13.8. The molecule has 3 aliphatic heterocycles. The van der Waals surface area contributed by atoms with Crippen LogP contribution in [0.1, 0.15) is 24.3 Å². The fourth-order valence-electron chi connectivity index (χ4n) is 4.53. The van der Waals surface area contributed by atoms with Crippen molar-refractivity contribution in [2.45, 2.75) is 29.7 Å². The van der Waals surface area contributed by atoms with E-state index < -0.39 is 0 Å². The molecule has 4 heteroatoms. The molecule has 124 valence electrons. The lowest BCUT2D eigenvalue weighted by molar-refractivity contribution is 0.403. The number of piperidine rings is 1. The number of halogens is 1. The van der Waals surface area contributed by atoms with Gasteiger partial charge in [0.2, 0.25) is 0 Å². The van der Waals surface area contributed by atoms with Crippen LogP contribution in [0.2, 0.25) is 5.02 Å². The fourth-order valence-corrected chi connectivity index (χ4v) is 5.74. The van der Waals surface area contributed by atoms with E-state index in [2.05, 4.69) is 34.5 Å². The van der Waals surface area contributed by atoms with E-state index in [1.54, 1.807) is 5.56 Å². The highest BCUT2D eigenvalue weighted by Crippen LogP contribution is 2.51. The molecule has 0 aliphatic carbocycles. The molecule has 1 saturated heterocycles. The molecule has 1 N–H and O–H groups in total. The Hall–Kier alpha value is -1.16. The Labute approximate surface area is 152 Å². The van der Waals surface area contributed by atoms with Crippen LogP contribution in [0.15, 0.2) is 41.3 Å². The Morgan fingerprint density at radius 2 is 2.00 bits per heavy atom. The highest BCUT2D eigenvalue weighted by atomic mass is 35.5. The quantitative estimate of drug-likeness (QED) is 0.792. The summed E-state index contributed by atoms with van der Waals surface area (Å²) in [7, 11) is 0. The van der Waals surface area contributed by atoms with Crippen molar-refractivity contribution in [3.63, 3.8) is 0 Å². The molecule has 0 amide bonds. The second-order valence-corrected chi connectivity index (χ2v) is 8.55. The average Bonchev–Trinajstić information content (AvgIpc) is 2.78. The number of fused-ring (bicyclic) bond motifs is 3. The molecule has 2 atom stereocenters. The van der Waals surface area contributed by atoms with Crippen molar-refractivity contribution in [1.82, 2.24) is 5.32 Å². The number of nitrogens with one attached hydrogen (secondary N) is 1. The number of nitrogens with zero attached hydrogens (tertiary/aromatic N) is 1. The summed E-state index contributed by atoms with van der Waals surface area (Å²) in [5.74, 6) is 1.86. The van der Waals surface area contributed by atoms with Gasteiger partial charge >= 0.3 is 0 Å². The predicted octanol–water partition coefficient (Wildman–Crippen LogP) is 4.77. The van der Waals surface area contributed by atoms with Crippen molar-refractivity contribution >= 4 is 29.1 Å². The lowest BCUT2D eigenvalue weighted by atomic mass is 9.88. The standard InChI is InChI=1S/C20H21ClN2S/c21-15-4-2-13(3-5-15)14-10-16-17-12-22-7-6-18(17)23-8-1-9-24-19(11-14)20(16)23/h2-5,10-11,17-18,22H,1,6-9,12H2/t17-,18-/m1/s1. The second-order valence-electron chi connectivity index (χ2n) is 6.98. The zero-order valence-electron chi connectivity index (χ0n) is 13.6. The van der Waals surface area contributed by atoms with Gasteiger partial charge in [0.05, 0.1) is 5.69 Å². The zero-order chi connectivity index (χ0) is 16.1. The minimum Gasteiger partial charge on any atom is -0.367 e. The number of benzene rings is 2. The summed E-state index contributed by atoms with van der Waals surface area (Å²) >= 11 is 8.11. The SMILES string of the molecule is Clc1ccc(-c2cc3c4c(c2)[C@H]2CNCC[C@H]2N4CCCS3)cc1. The van der Waals surface area contributed by atoms with E-state index in [0.29, 0.717) is 12.0 Å². The molecular weight excluding hydrogens is 336 g/mol. The number of anilines is 1. The fraction of sp³-hybridized carbons (Fsp3) is 0.400. The van der Waals surface area contributed by atoms with Crippen LogP contribution >= 0.6 is 23.4 Å². The Morgan fingerprint density at radius 3 is 2.88 bits per heavy atom. The van der Waals surface area contributed by atoms with Crippen LogP contribution in [0.25, 0.3) is 11.1 Å².